The second-order valence-electron chi connectivity index (χ2n) is 6.07. The number of hydrogen-bond donors (Lipinski definition) is 3. The van der Waals surface area contributed by atoms with Crippen LogP contribution in [0.2, 0.25) is 0 Å². The summed E-state index contributed by atoms with van der Waals surface area (Å²) in [5.41, 5.74) is 7.27. The van der Waals surface area contributed by atoms with Crippen molar-refractivity contribution in [3.8, 4) is 0 Å². The van der Waals surface area contributed by atoms with E-state index in [1.165, 1.54) is 0 Å². The SMILES string of the molecule is Nc1cccc(S[C@H]2C(=O)N(C(=O)NCCc3ccccc3)C2C(=O)O)c1. The fourth-order valence-corrected chi connectivity index (χ4v) is 4.06. The van der Waals surface area contributed by atoms with Crippen LogP contribution >= 0.6 is 11.8 Å². The van der Waals surface area contributed by atoms with Gasteiger partial charge in [-0.25, -0.2) is 14.5 Å². The van der Waals surface area contributed by atoms with Gasteiger partial charge in [0.25, 0.3) is 0 Å². The van der Waals surface area contributed by atoms with Crippen LogP contribution in [0.1, 0.15) is 5.56 Å². The van der Waals surface area contributed by atoms with Crippen molar-refractivity contribution in [2.45, 2.75) is 22.6 Å². The van der Waals surface area contributed by atoms with Crippen LogP contribution in [-0.2, 0) is 16.0 Å². The second-order valence-corrected chi connectivity index (χ2v) is 7.28. The van der Waals surface area contributed by atoms with E-state index in [-0.39, 0.29) is 0 Å². The lowest BCUT2D eigenvalue weighted by atomic mass is 10.0. The Morgan fingerprint density at radius 1 is 1.15 bits per heavy atom. The summed E-state index contributed by atoms with van der Waals surface area (Å²) in [7, 11) is 0. The van der Waals surface area contributed by atoms with Crippen molar-refractivity contribution in [2.24, 2.45) is 0 Å². The van der Waals surface area contributed by atoms with E-state index >= 15 is 0 Å². The number of nitrogen functional groups attached to an aromatic ring is 1. The number of carbonyl (C=O) groups excluding carboxylic acids is 2. The number of aliphatic carboxylic acids is 1. The van der Waals surface area contributed by atoms with E-state index in [0.717, 1.165) is 22.2 Å². The number of imide groups is 1. The van der Waals surface area contributed by atoms with Crippen molar-refractivity contribution in [1.29, 1.82) is 0 Å². The largest absolute Gasteiger partial charge is 0.480 e. The number of anilines is 1. The van der Waals surface area contributed by atoms with Gasteiger partial charge in [-0.15, -0.1) is 11.8 Å². The molecule has 0 radical (unpaired) electrons. The number of benzene rings is 2. The molecule has 3 amide bonds. The monoisotopic (exact) mass is 385 g/mol. The molecule has 140 valence electrons. The molecule has 1 heterocycles. The van der Waals surface area contributed by atoms with Crippen molar-refractivity contribution >= 4 is 35.4 Å². The van der Waals surface area contributed by atoms with Crippen molar-refractivity contribution in [1.82, 2.24) is 10.2 Å². The lowest BCUT2D eigenvalue weighted by molar-refractivity contribution is -0.156. The number of amides is 3. The highest BCUT2D eigenvalue weighted by Crippen LogP contribution is 2.36. The number of carboxylic acid groups (broad SMARTS) is 1. The van der Waals surface area contributed by atoms with Crippen molar-refractivity contribution in [3.63, 3.8) is 0 Å². The van der Waals surface area contributed by atoms with Gasteiger partial charge in [-0.2, -0.15) is 0 Å². The number of rotatable bonds is 6. The van der Waals surface area contributed by atoms with Crippen molar-refractivity contribution in [2.75, 3.05) is 12.3 Å². The number of nitrogens with two attached hydrogens (primary N) is 1. The Kier molecular flexibility index (Phi) is 5.66. The number of carboxylic acids is 1. The van der Waals surface area contributed by atoms with Gasteiger partial charge >= 0.3 is 12.0 Å². The minimum atomic E-state index is -1.21. The third-order valence-electron chi connectivity index (χ3n) is 4.17. The second kappa shape index (κ2) is 8.13. The van der Waals surface area contributed by atoms with Crippen LogP contribution in [-0.4, -0.2) is 45.8 Å². The van der Waals surface area contributed by atoms with E-state index < -0.39 is 29.2 Å². The topological polar surface area (TPSA) is 113 Å². The number of thioether (sulfide) groups is 1. The normalized spacial score (nSPS) is 18.7. The number of β-lactam (4-membered cyclic amide) rings is 1. The number of nitrogens with zero attached hydrogens (tertiary/aromatic N) is 1. The summed E-state index contributed by atoms with van der Waals surface area (Å²) < 4.78 is 0. The molecular weight excluding hydrogens is 366 g/mol. The lowest BCUT2D eigenvalue weighted by Gasteiger charge is -2.42. The van der Waals surface area contributed by atoms with E-state index in [4.69, 9.17) is 5.73 Å². The Labute approximate surface area is 160 Å². The molecule has 2 atom stereocenters. The first kappa shape index (κ1) is 18.8. The van der Waals surface area contributed by atoms with Gasteiger partial charge < -0.3 is 16.2 Å². The Balaban J connectivity index is 1.60. The fraction of sp³-hybridized carbons (Fsp3) is 0.211. The molecule has 2 aromatic rings. The van der Waals surface area contributed by atoms with Crippen LogP contribution in [0, 0.1) is 0 Å². The molecular formula is C19H19N3O4S. The molecule has 1 aliphatic heterocycles. The summed E-state index contributed by atoms with van der Waals surface area (Å²) in [6, 6.07) is 14.5. The Bertz CT molecular complexity index is 859. The van der Waals surface area contributed by atoms with Crippen LogP contribution in [0.4, 0.5) is 10.5 Å². The average molecular weight is 385 g/mol. The average Bonchev–Trinajstić information content (AvgIpc) is 2.64. The fourth-order valence-electron chi connectivity index (χ4n) is 2.82. The van der Waals surface area contributed by atoms with E-state index in [1.54, 1.807) is 24.3 Å². The van der Waals surface area contributed by atoms with Gasteiger partial charge in [0.1, 0.15) is 5.25 Å². The Morgan fingerprint density at radius 3 is 2.56 bits per heavy atom. The molecule has 0 aliphatic carbocycles. The first-order chi connectivity index (χ1) is 13.0. The van der Waals surface area contributed by atoms with E-state index in [9.17, 15) is 19.5 Å². The van der Waals surface area contributed by atoms with Crippen LogP contribution in [0.5, 0.6) is 0 Å². The van der Waals surface area contributed by atoms with Gasteiger partial charge in [0, 0.05) is 17.1 Å². The van der Waals surface area contributed by atoms with Crippen LogP contribution < -0.4 is 11.1 Å². The molecule has 7 nitrogen and oxygen atoms in total. The molecule has 1 fully saturated rings. The maximum Gasteiger partial charge on any atom is 0.328 e. The number of carbonyl (C=O) groups is 3. The van der Waals surface area contributed by atoms with Gasteiger partial charge in [0.05, 0.1) is 0 Å². The summed E-state index contributed by atoms with van der Waals surface area (Å²) in [6.07, 6.45) is 0.591. The summed E-state index contributed by atoms with van der Waals surface area (Å²) in [6.45, 7) is 0.312. The zero-order chi connectivity index (χ0) is 19.4. The molecule has 1 aliphatic rings. The molecule has 3 rings (SSSR count). The van der Waals surface area contributed by atoms with Crippen molar-refractivity contribution in [3.05, 3.63) is 60.2 Å². The van der Waals surface area contributed by atoms with Crippen molar-refractivity contribution < 1.29 is 19.5 Å². The molecule has 27 heavy (non-hydrogen) atoms. The van der Waals surface area contributed by atoms with Gasteiger partial charge in [-0.05, 0) is 30.2 Å². The molecule has 0 saturated carbocycles. The number of nitrogens with one attached hydrogen (secondary N) is 1. The molecule has 4 N–H and O–H groups in total. The minimum absolute atomic E-state index is 0.312. The Hall–Kier alpha value is -3.00. The maximum absolute atomic E-state index is 12.4. The highest BCUT2D eigenvalue weighted by Gasteiger charge is 2.55. The highest BCUT2D eigenvalue weighted by atomic mass is 32.2. The quantitative estimate of drug-likeness (QED) is 0.518. The highest BCUT2D eigenvalue weighted by molar-refractivity contribution is 8.00. The van der Waals surface area contributed by atoms with Crippen LogP contribution in [0.15, 0.2) is 59.5 Å². The van der Waals surface area contributed by atoms with Gasteiger partial charge in [0.2, 0.25) is 5.91 Å². The zero-order valence-corrected chi connectivity index (χ0v) is 15.2. The first-order valence-electron chi connectivity index (χ1n) is 8.37. The minimum Gasteiger partial charge on any atom is -0.480 e. The summed E-state index contributed by atoms with van der Waals surface area (Å²) >= 11 is 1.10. The number of likely N-dealkylation sites (tertiary alicyclic amines) is 1. The lowest BCUT2D eigenvalue weighted by Crippen LogP contribution is -2.70. The van der Waals surface area contributed by atoms with Gasteiger partial charge in [-0.3, -0.25) is 4.79 Å². The molecule has 0 spiro atoms. The molecule has 0 aromatic heterocycles. The number of hydrogen-bond acceptors (Lipinski definition) is 5. The predicted octanol–water partition coefficient (Wildman–Crippen LogP) is 1.98. The third kappa shape index (κ3) is 4.22. The summed E-state index contributed by atoms with van der Waals surface area (Å²) in [4.78, 5) is 37.7. The zero-order valence-electron chi connectivity index (χ0n) is 14.4. The van der Waals surface area contributed by atoms with E-state index in [2.05, 4.69) is 5.32 Å². The smallest absolute Gasteiger partial charge is 0.328 e. The summed E-state index contributed by atoms with van der Waals surface area (Å²) in [5.74, 6) is -1.73. The predicted molar refractivity (Wildman–Crippen MR) is 102 cm³/mol. The van der Waals surface area contributed by atoms with Gasteiger partial charge in [0.15, 0.2) is 6.04 Å². The molecule has 1 saturated heterocycles. The van der Waals surface area contributed by atoms with Crippen LogP contribution in [0.3, 0.4) is 0 Å². The Morgan fingerprint density at radius 2 is 1.89 bits per heavy atom. The molecule has 2 aromatic carbocycles. The maximum atomic E-state index is 12.4. The molecule has 0 bridgehead atoms. The van der Waals surface area contributed by atoms with E-state index in [0.29, 0.717) is 23.5 Å². The third-order valence-corrected chi connectivity index (χ3v) is 5.41. The standard InChI is InChI=1S/C19H19N3O4S/c20-13-7-4-8-14(11-13)27-16-15(18(24)25)22(17(16)23)19(26)21-10-9-12-5-2-1-3-6-12/h1-8,11,15-16H,9-10,20H2,(H,21,26)(H,24,25)/t15?,16-/m1/s1. The first-order valence-corrected chi connectivity index (χ1v) is 9.25. The van der Waals surface area contributed by atoms with Crippen LogP contribution in [0.25, 0.3) is 0 Å². The molecule has 8 heteroatoms. The number of urea groups is 1. The van der Waals surface area contributed by atoms with E-state index in [1.807, 2.05) is 30.3 Å². The summed E-state index contributed by atoms with van der Waals surface area (Å²) in [5, 5.41) is 11.2. The van der Waals surface area contributed by atoms with Gasteiger partial charge in [-0.1, -0.05) is 36.4 Å². The molecule has 1 unspecified atom stereocenters.